The van der Waals surface area contributed by atoms with E-state index in [9.17, 15) is 4.79 Å². The van der Waals surface area contributed by atoms with Gasteiger partial charge in [0, 0.05) is 17.6 Å². The summed E-state index contributed by atoms with van der Waals surface area (Å²) < 4.78 is 0. The number of hydrogen-bond donors (Lipinski definition) is 2. The van der Waals surface area contributed by atoms with E-state index in [1.54, 1.807) is 6.20 Å². The van der Waals surface area contributed by atoms with Crippen molar-refractivity contribution in [2.24, 2.45) is 0 Å². The molecule has 90 valence electrons. The standard InChI is InChI=1S/C11H19N3OS/c1-3-4-5-6-7-12-10(15)14-11-13-8-9(2)16-11/h8H,3-7H2,1-2H3,(H2,12,13,14,15). The highest BCUT2D eigenvalue weighted by Gasteiger charge is 2.03. The monoisotopic (exact) mass is 241 g/mol. The first-order chi connectivity index (χ1) is 7.72. The van der Waals surface area contributed by atoms with Crippen LogP contribution in [0.25, 0.3) is 0 Å². The molecule has 16 heavy (non-hydrogen) atoms. The summed E-state index contributed by atoms with van der Waals surface area (Å²) in [5.74, 6) is 0. The number of anilines is 1. The van der Waals surface area contributed by atoms with Gasteiger partial charge in [0.05, 0.1) is 0 Å². The van der Waals surface area contributed by atoms with Gasteiger partial charge in [0.25, 0.3) is 0 Å². The Labute approximate surface area is 100 Å². The zero-order valence-corrected chi connectivity index (χ0v) is 10.7. The number of hydrogen-bond acceptors (Lipinski definition) is 3. The molecule has 5 heteroatoms. The van der Waals surface area contributed by atoms with Crippen molar-refractivity contribution in [1.82, 2.24) is 10.3 Å². The summed E-state index contributed by atoms with van der Waals surface area (Å²) in [6, 6.07) is -0.161. The van der Waals surface area contributed by atoms with Gasteiger partial charge in [0.1, 0.15) is 0 Å². The normalized spacial score (nSPS) is 10.1. The Balaban J connectivity index is 2.11. The lowest BCUT2D eigenvalue weighted by Crippen LogP contribution is -2.29. The third kappa shape index (κ3) is 5.11. The summed E-state index contributed by atoms with van der Waals surface area (Å²) >= 11 is 1.48. The summed E-state index contributed by atoms with van der Waals surface area (Å²) in [6.07, 6.45) is 6.41. The molecule has 1 heterocycles. The number of nitrogens with zero attached hydrogens (tertiary/aromatic N) is 1. The number of thiazole rings is 1. The highest BCUT2D eigenvalue weighted by molar-refractivity contribution is 7.15. The number of rotatable bonds is 6. The Bertz CT molecular complexity index is 325. The molecule has 0 radical (unpaired) electrons. The van der Waals surface area contributed by atoms with Crippen LogP contribution in [0.4, 0.5) is 9.93 Å². The fourth-order valence-electron chi connectivity index (χ4n) is 1.31. The van der Waals surface area contributed by atoms with E-state index in [4.69, 9.17) is 0 Å². The van der Waals surface area contributed by atoms with E-state index in [1.807, 2.05) is 6.92 Å². The molecule has 0 saturated carbocycles. The molecule has 0 unspecified atom stereocenters. The molecule has 2 N–H and O–H groups in total. The van der Waals surface area contributed by atoms with E-state index in [0.717, 1.165) is 17.8 Å². The molecule has 0 aliphatic carbocycles. The van der Waals surface area contributed by atoms with E-state index in [2.05, 4.69) is 22.5 Å². The van der Waals surface area contributed by atoms with E-state index in [-0.39, 0.29) is 6.03 Å². The molecule has 0 fully saturated rings. The molecule has 2 amide bonds. The first kappa shape index (κ1) is 13.0. The number of urea groups is 1. The minimum Gasteiger partial charge on any atom is -0.338 e. The SMILES string of the molecule is CCCCCCNC(=O)Nc1ncc(C)s1. The van der Waals surface area contributed by atoms with Gasteiger partial charge >= 0.3 is 6.03 Å². The van der Waals surface area contributed by atoms with Crippen molar-refractivity contribution < 1.29 is 4.79 Å². The first-order valence-corrected chi connectivity index (χ1v) is 6.51. The molecule has 1 aromatic rings. The van der Waals surface area contributed by atoms with Crippen LogP contribution in [0.2, 0.25) is 0 Å². The van der Waals surface area contributed by atoms with Gasteiger partial charge < -0.3 is 5.32 Å². The van der Waals surface area contributed by atoms with Crippen molar-refractivity contribution in [1.29, 1.82) is 0 Å². The number of amides is 2. The largest absolute Gasteiger partial charge is 0.338 e. The van der Waals surface area contributed by atoms with Gasteiger partial charge in [0.15, 0.2) is 5.13 Å². The zero-order valence-electron chi connectivity index (χ0n) is 9.88. The van der Waals surface area contributed by atoms with Crippen molar-refractivity contribution in [3.63, 3.8) is 0 Å². The van der Waals surface area contributed by atoms with Crippen molar-refractivity contribution in [2.75, 3.05) is 11.9 Å². The second-order valence-corrected chi connectivity index (χ2v) is 4.95. The highest BCUT2D eigenvalue weighted by Crippen LogP contribution is 2.15. The Morgan fingerprint density at radius 2 is 2.25 bits per heavy atom. The summed E-state index contributed by atoms with van der Waals surface area (Å²) in [7, 11) is 0. The van der Waals surface area contributed by atoms with E-state index in [0.29, 0.717) is 5.13 Å². The van der Waals surface area contributed by atoms with Crippen molar-refractivity contribution >= 4 is 22.5 Å². The Morgan fingerprint density at radius 3 is 2.88 bits per heavy atom. The number of aryl methyl sites for hydroxylation is 1. The quantitative estimate of drug-likeness (QED) is 0.752. The van der Waals surface area contributed by atoms with Gasteiger partial charge in [-0.1, -0.05) is 26.2 Å². The lowest BCUT2D eigenvalue weighted by Gasteiger charge is -2.04. The van der Waals surface area contributed by atoms with Crippen molar-refractivity contribution in [3.05, 3.63) is 11.1 Å². The number of carbonyl (C=O) groups excluding carboxylic acids is 1. The first-order valence-electron chi connectivity index (χ1n) is 5.69. The summed E-state index contributed by atoms with van der Waals surface area (Å²) in [6.45, 7) is 4.87. The van der Waals surface area contributed by atoms with E-state index >= 15 is 0 Å². The Morgan fingerprint density at radius 1 is 1.44 bits per heavy atom. The smallest absolute Gasteiger partial charge is 0.321 e. The maximum atomic E-state index is 11.4. The van der Waals surface area contributed by atoms with Crippen LogP contribution in [0.5, 0.6) is 0 Å². The van der Waals surface area contributed by atoms with Crippen LogP contribution < -0.4 is 10.6 Å². The number of aromatic nitrogens is 1. The predicted octanol–water partition coefficient (Wildman–Crippen LogP) is 3.15. The lowest BCUT2D eigenvalue weighted by atomic mass is 10.2. The van der Waals surface area contributed by atoms with E-state index < -0.39 is 0 Å². The lowest BCUT2D eigenvalue weighted by molar-refractivity contribution is 0.252. The van der Waals surface area contributed by atoms with Crippen LogP contribution in [-0.4, -0.2) is 17.6 Å². The van der Waals surface area contributed by atoms with Gasteiger partial charge in [-0.3, -0.25) is 5.32 Å². The fourth-order valence-corrected chi connectivity index (χ4v) is 1.97. The molecule has 0 bridgehead atoms. The third-order valence-corrected chi connectivity index (χ3v) is 2.99. The molecule has 0 aliphatic heterocycles. The Hall–Kier alpha value is -1.10. The average molecular weight is 241 g/mol. The fraction of sp³-hybridized carbons (Fsp3) is 0.636. The summed E-state index contributed by atoms with van der Waals surface area (Å²) in [4.78, 5) is 16.6. The zero-order chi connectivity index (χ0) is 11.8. The molecule has 4 nitrogen and oxygen atoms in total. The molecule has 1 aromatic heterocycles. The summed E-state index contributed by atoms with van der Waals surface area (Å²) in [5, 5.41) is 6.18. The van der Waals surface area contributed by atoms with Crippen LogP contribution in [-0.2, 0) is 0 Å². The predicted molar refractivity (Wildman–Crippen MR) is 68.0 cm³/mol. The topological polar surface area (TPSA) is 54.0 Å². The van der Waals surface area contributed by atoms with Gasteiger partial charge in [-0.2, -0.15) is 0 Å². The Kier molecular flexibility index (Phi) is 5.85. The average Bonchev–Trinajstić information content (AvgIpc) is 2.63. The second-order valence-electron chi connectivity index (χ2n) is 3.72. The van der Waals surface area contributed by atoms with Gasteiger partial charge in [-0.15, -0.1) is 11.3 Å². The summed E-state index contributed by atoms with van der Waals surface area (Å²) in [5.41, 5.74) is 0. The number of nitrogens with one attached hydrogen (secondary N) is 2. The van der Waals surface area contributed by atoms with Gasteiger partial charge in [0.2, 0.25) is 0 Å². The van der Waals surface area contributed by atoms with Crippen molar-refractivity contribution in [2.45, 2.75) is 39.5 Å². The van der Waals surface area contributed by atoms with Crippen LogP contribution in [0.15, 0.2) is 6.20 Å². The maximum Gasteiger partial charge on any atom is 0.321 e. The molecule has 0 saturated heterocycles. The molecular formula is C11H19N3OS. The third-order valence-electron chi connectivity index (χ3n) is 2.16. The number of carbonyl (C=O) groups is 1. The molecular weight excluding hydrogens is 222 g/mol. The maximum absolute atomic E-state index is 11.4. The minimum absolute atomic E-state index is 0.161. The molecule has 0 aliphatic rings. The van der Waals surface area contributed by atoms with Crippen LogP contribution >= 0.6 is 11.3 Å². The van der Waals surface area contributed by atoms with Crippen molar-refractivity contribution in [3.8, 4) is 0 Å². The molecule has 1 rings (SSSR count). The minimum atomic E-state index is -0.161. The number of unbranched alkanes of at least 4 members (excludes halogenated alkanes) is 3. The van der Waals surface area contributed by atoms with Crippen LogP contribution in [0.1, 0.15) is 37.5 Å². The van der Waals surface area contributed by atoms with Gasteiger partial charge in [-0.05, 0) is 13.3 Å². The molecule has 0 aromatic carbocycles. The van der Waals surface area contributed by atoms with E-state index in [1.165, 1.54) is 30.6 Å². The molecule has 0 spiro atoms. The molecule has 0 atom stereocenters. The second kappa shape index (κ2) is 7.22. The van der Waals surface area contributed by atoms with Crippen LogP contribution in [0, 0.1) is 6.92 Å². The highest BCUT2D eigenvalue weighted by atomic mass is 32.1. The van der Waals surface area contributed by atoms with Gasteiger partial charge in [-0.25, -0.2) is 9.78 Å². The van der Waals surface area contributed by atoms with Crippen LogP contribution in [0.3, 0.4) is 0 Å².